The highest BCUT2D eigenvalue weighted by atomic mass is 35.5. The molecule has 1 saturated heterocycles. The summed E-state index contributed by atoms with van der Waals surface area (Å²) in [6.45, 7) is 3.10. The molecule has 3 aromatic rings. The van der Waals surface area contributed by atoms with Crippen LogP contribution < -0.4 is 9.47 Å². The fraction of sp³-hybridized carbons (Fsp3) is 0.269. The minimum absolute atomic E-state index is 0.0121. The van der Waals surface area contributed by atoms with E-state index >= 15 is 0 Å². The second kappa shape index (κ2) is 9.23. The Labute approximate surface area is 193 Å². The molecule has 0 aliphatic carbocycles. The lowest BCUT2D eigenvalue weighted by atomic mass is 9.96. The molecule has 2 heterocycles. The van der Waals surface area contributed by atoms with Crippen molar-refractivity contribution in [2.24, 2.45) is 0 Å². The molecule has 0 bridgehead atoms. The van der Waals surface area contributed by atoms with E-state index in [1.54, 1.807) is 0 Å². The molecule has 2 aliphatic rings. The number of benzene rings is 3. The highest BCUT2D eigenvalue weighted by Crippen LogP contribution is 2.33. The summed E-state index contributed by atoms with van der Waals surface area (Å²) < 4.78 is 11.7. The lowest BCUT2D eigenvalue weighted by Crippen LogP contribution is -2.54. The smallest absolute Gasteiger partial charge is 0.267 e. The maximum atomic E-state index is 13.1. The quantitative estimate of drug-likeness (QED) is 0.592. The van der Waals surface area contributed by atoms with Gasteiger partial charge in [0.2, 0.25) is 6.10 Å². The molecule has 0 spiro atoms. The highest BCUT2D eigenvalue weighted by molar-refractivity contribution is 6.30. The van der Waals surface area contributed by atoms with Gasteiger partial charge in [0.25, 0.3) is 5.91 Å². The van der Waals surface area contributed by atoms with Gasteiger partial charge < -0.3 is 14.4 Å². The van der Waals surface area contributed by atoms with Crippen molar-refractivity contribution >= 4 is 17.5 Å². The predicted octanol–water partition coefficient (Wildman–Crippen LogP) is 4.41. The van der Waals surface area contributed by atoms with Gasteiger partial charge in [-0.25, -0.2) is 0 Å². The first-order chi connectivity index (χ1) is 15.7. The average molecular weight is 449 g/mol. The maximum Gasteiger partial charge on any atom is 0.267 e. The summed E-state index contributed by atoms with van der Waals surface area (Å²) in [7, 11) is 0. The molecule has 0 saturated carbocycles. The summed E-state index contributed by atoms with van der Waals surface area (Å²) in [6, 6.07) is 26.1. The van der Waals surface area contributed by atoms with Crippen LogP contribution in [0.5, 0.6) is 11.5 Å². The molecule has 0 aromatic heterocycles. The van der Waals surface area contributed by atoms with E-state index in [4.69, 9.17) is 21.1 Å². The number of nitrogens with zero attached hydrogens (tertiary/aromatic N) is 2. The molecule has 0 N–H and O–H groups in total. The average Bonchev–Trinajstić information content (AvgIpc) is 2.86. The van der Waals surface area contributed by atoms with Gasteiger partial charge in [-0.05, 0) is 35.4 Å². The summed E-state index contributed by atoms with van der Waals surface area (Å²) in [5, 5.41) is 0.729. The lowest BCUT2D eigenvalue weighted by molar-refractivity contribution is -0.143. The van der Waals surface area contributed by atoms with Crippen LogP contribution in [0.1, 0.15) is 17.2 Å². The molecule has 0 unspecified atom stereocenters. The van der Waals surface area contributed by atoms with Crippen LogP contribution in [-0.2, 0) is 4.79 Å². The van der Waals surface area contributed by atoms with Crippen LogP contribution >= 0.6 is 11.6 Å². The van der Waals surface area contributed by atoms with Crippen molar-refractivity contribution in [3.05, 3.63) is 95.0 Å². The van der Waals surface area contributed by atoms with Crippen molar-refractivity contribution < 1.29 is 14.3 Å². The van der Waals surface area contributed by atoms with Gasteiger partial charge in [0, 0.05) is 31.2 Å². The molecular formula is C26H25ClN2O3. The van der Waals surface area contributed by atoms with Crippen molar-refractivity contribution in [1.29, 1.82) is 0 Å². The van der Waals surface area contributed by atoms with Gasteiger partial charge in [0.15, 0.2) is 11.5 Å². The standard InChI is InChI=1S/C26H25ClN2O3/c27-21-12-10-20(11-13-21)25(19-6-2-1-3-7-19)28-14-16-29(17-15-28)26(30)24-18-31-22-8-4-5-9-23(22)32-24/h1-13,24-25H,14-18H2/t24-,25+/m0/s1. The van der Waals surface area contributed by atoms with Crippen molar-refractivity contribution in [3.63, 3.8) is 0 Å². The second-order valence-electron chi connectivity index (χ2n) is 8.09. The number of fused-ring (bicyclic) bond motifs is 1. The van der Waals surface area contributed by atoms with Gasteiger partial charge in [0.1, 0.15) is 6.61 Å². The normalized spacial score (nSPS) is 19.4. The Balaban J connectivity index is 1.28. The van der Waals surface area contributed by atoms with Gasteiger partial charge >= 0.3 is 0 Å². The van der Waals surface area contributed by atoms with Gasteiger partial charge in [-0.15, -0.1) is 0 Å². The van der Waals surface area contributed by atoms with Gasteiger partial charge in [-0.2, -0.15) is 0 Å². The van der Waals surface area contributed by atoms with Gasteiger partial charge in [-0.3, -0.25) is 9.69 Å². The monoisotopic (exact) mass is 448 g/mol. The highest BCUT2D eigenvalue weighted by Gasteiger charge is 2.34. The zero-order valence-corrected chi connectivity index (χ0v) is 18.4. The maximum absolute atomic E-state index is 13.1. The van der Waals surface area contributed by atoms with E-state index in [1.165, 1.54) is 11.1 Å². The van der Waals surface area contributed by atoms with Crippen molar-refractivity contribution in [3.8, 4) is 11.5 Å². The SMILES string of the molecule is O=C([C@@H]1COc2ccccc2O1)N1CCN([C@H](c2ccccc2)c2ccc(Cl)cc2)CC1. The molecular weight excluding hydrogens is 424 g/mol. The number of carbonyl (C=O) groups is 1. The molecule has 3 aromatic carbocycles. The number of hydrogen-bond donors (Lipinski definition) is 0. The van der Waals surface area contributed by atoms with Crippen LogP contribution in [0, 0.1) is 0 Å². The summed E-state index contributed by atoms with van der Waals surface area (Å²) >= 11 is 6.13. The Hall–Kier alpha value is -3.02. The summed E-state index contributed by atoms with van der Waals surface area (Å²) in [6.07, 6.45) is -0.599. The van der Waals surface area contributed by atoms with Crippen LogP contribution in [0.25, 0.3) is 0 Å². The zero-order chi connectivity index (χ0) is 21.9. The molecule has 2 aliphatic heterocycles. The third-order valence-electron chi connectivity index (χ3n) is 6.08. The molecule has 164 valence electrons. The summed E-state index contributed by atoms with van der Waals surface area (Å²) in [5.74, 6) is 1.31. The van der Waals surface area contributed by atoms with E-state index in [0.29, 0.717) is 24.6 Å². The van der Waals surface area contributed by atoms with Crippen molar-refractivity contribution in [2.75, 3.05) is 32.8 Å². The Morgan fingerprint density at radius 3 is 2.16 bits per heavy atom. The minimum Gasteiger partial charge on any atom is -0.485 e. The number of ether oxygens (including phenoxy) is 2. The number of para-hydroxylation sites is 2. The van der Waals surface area contributed by atoms with Crippen LogP contribution in [0.15, 0.2) is 78.9 Å². The van der Waals surface area contributed by atoms with Crippen LogP contribution in [0.3, 0.4) is 0 Å². The minimum atomic E-state index is -0.599. The first-order valence-electron chi connectivity index (χ1n) is 10.9. The fourth-order valence-electron chi connectivity index (χ4n) is 4.44. The summed E-state index contributed by atoms with van der Waals surface area (Å²) in [4.78, 5) is 17.4. The molecule has 0 radical (unpaired) electrons. The third-order valence-corrected chi connectivity index (χ3v) is 6.33. The largest absolute Gasteiger partial charge is 0.485 e. The van der Waals surface area contributed by atoms with Gasteiger partial charge in [0.05, 0.1) is 6.04 Å². The van der Waals surface area contributed by atoms with Gasteiger partial charge in [-0.1, -0.05) is 66.2 Å². The van der Waals surface area contributed by atoms with Crippen molar-refractivity contribution in [1.82, 2.24) is 9.80 Å². The molecule has 5 nitrogen and oxygen atoms in total. The van der Waals surface area contributed by atoms with Crippen molar-refractivity contribution in [2.45, 2.75) is 12.1 Å². The topological polar surface area (TPSA) is 42.0 Å². The number of hydrogen-bond acceptors (Lipinski definition) is 4. The molecule has 5 rings (SSSR count). The van der Waals surface area contributed by atoms with Crippen LogP contribution in [0.4, 0.5) is 0 Å². The lowest BCUT2D eigenvalue weighted by Gasteiger charge is -2.41. The number of piperazine rings is 1. The predicted molar refractivity (Wildman–Crippen MR) is 124 cm³/mol. The van der Waals surface area contributed by atoms with E-state index in [2.05, 4.69) is 41.3 Å². The number of rotatable bonds is 4. The number of halogens is 1. The molecule has 1 amide bonds. The third kappa shape index (κ3) is 4.31. The van der Waals surface area contributed by atoms with E-state index < -0.39 is 6.10 Å². The van der Waals surface area contributed by atoms with E-state index in [9.17, 15) is 4.79 Å². The Morgan fingerprint density at radius 1 is 0.812 bits per heavy atom. The first-order valence-corrected chi connectivity index (χ1v) is 11.3. The molecule has 2 atom stereocenters. The number of carbonyl (C=O) groups excluding carboxylic acids is 1. The van der Waals surface area contributed by atoms with Crippen LogP contribution in [-0.4, -0.2) is 54.6 Å². The van der Waals surface area contributed by atoms with E-state index in [-0.39, 0.29) is 18.6 Å². The summed E-state index contributed by atoms with van der Waals surface area (Å²) in [5.41, 5.74) is 2.43. The Morgan fingerprint density at radius 2 is 1.44 bits per heavy atom. The first kappa shape index (κ1) is 20.9. The molecule has 1 fully saturated rings. The van der Waals surface area contributed by atoms with E-state index in [1.807, 2.05) is 47.4 Å². The molecule has 6 heteroatoms. The second-order valence-corrected chi connectivity index (χ2v) is 8.53. The Bertz CT molecular complexity index is 1070. The fourth-order valence-corrected chi connectivity index (χ4v) is 4.57. The van der Waals surface area contributed by atoms with Crippen LogP contribution in [0.2, 0.25) is 5.02 Å². The van der Waals surface area contributed by atoms with E-state index in [0.717, 1.165) is 18.1 Å². The molecule has 32 heavy (non-hydrogen) atoms. The number of amides is 1. The zero-order valence-electron chi connectivity index (χ0n) is 17.7. The Kier molecular flexibility index (Phi) is 6.02.